The molecule has 1 aromatic rings. The van der Waals surface area contributed by atoms with Crippen LogP contribution in [0.15, 0.2) is 9.59 Å². The summed E-state index contributed by atoms with van der Waals surface area (Å²) in [5.74, 6) is -0.809. The summed E-state index contributed by atoms with van der Waals surface area (Å²) in [7, 11) is 6.15. The Bertz CT molecular complexity index is 747. The number of hydrogen-bond donors (Lipinski definition) is 1. The van der Waals surface area contributed by atoms with E-state index in [1.165, 1.54) is 21.4 Å². The molecule has 0 saturated carbocycles. The molecule has 0 aliphatic carbocycles. The number of anilines is 1. The van der Waals surface area contributed by atoms with Crippen LogP contribution in [-0.2, 0) is 18.4 Å². The molecule has 134 valence electrons. The van der Waals surface area contributed by atoms with Gasteiger partial charge in [0.25, 0.3) is 5.56 Å². The second-order valence-electron chi connectivity index (χ2n) is 5.94. The second kappa shape index (κ2) is 7.91. The molecule has 0 unspecified atom stereocenters. The van der Waals surface area contributed by atoms with Gasteiger partial charge in [-0.25, -0.2) is 4.79 Å². The normalized spacial score (nSPS) is 10.9. The van der Waals surface area contributed by atoms with Gasteiger partial charge in [0.1, 0.15) is 11.4 Å². The summed E-state index contributed by atoms with van der Waals surface area (Å²) < 4.78 is 2.10. The molecule has 9 nitrogen and oxygen atoms in total. The average Bonchev–Trinajstić information content (AvgIpc) is 2.49. The Kier molecular flexibility index (Phi) is 6.47. The summed E-state index contributed by atoms with van der Waals surface area (Å²) in [5, 5.41) is 0. The first-order valence-corrected chi connectivity index (χ1v) is 7.62. The number of aromatic nitrogens is 2. The minimum absolute atomic E-state index is 0.0353. The van der Waals surface area contributed by atoms with E-state index in [0.717, 1.165) is 4.57 Å². The number of rotatable bonds is 7. The molecule has 0 aliphatic heterocycles. The van der Waals surface area contributed by atoms with E-state index >= 15 is 0 Å². The van der Waals surface area contributed by atoms with Crippen molar-refractivity contribution in [1.82, 2.24) is 18.9 Å². The lowest BCUT2D eigenvalue weighted by Crippen LogP contribution is -2.44. The van der Waals surface area contributed by atoms with Crippen molar-refractivity contribution in [3.63, 3.8) is 0 Å². The van der Waals surface area contributed by atoms with Crippen molar-refractivity contribution < 1.29 is 9.59 Å². The van der Waals surface area contributed by atoms with Crippen LogP contribution in [0.3, 0.4) is 0 Å². The zero-order valence-corrected chi connectivity index (χ0v) is 14.8. The lowest BCUT2D eigenvalue weighted by atomic mass is 10.1. The minimum atomic E-state index is -0.720. The first-order chi connectivity index (χ1) is 11.1. The highest BCUT2D eigenvalue weighted by molar-refractivity contribution is 6.01. The summed E-state index contributed by atoms with van der Waals surface area (Å²) in [5.41, 5.74) is 4.42. The van der Waals surface area contributed by atoms with Gasteiger partial charge < -0.3 is 10.6 Å². The first-order valence-electron chi connectivity index (χ1n) is 7.62. The first kappa shape index (κ1) is 19.6. The molecule has 0 spiro atoms. The van der Waals surface area contributed by atoms with E-state index in [0.29, 0.717) is 13.0 Å². The number of carbonyl (C=O) groups excluding carboxylic acids is 2. The highest BCUT2D eigenvalue weighted by Crippen LogP contribution is 2.07. The Hall–Kier alpha value is -2.42. The number of likely N-dealkylation sites (N-methyl/N-ethyl adjacent to an activating group) is 2. The molecule has 1 amide bonds. The third kappa shape index (κ3) is 4.10. The number of nitrogens with two attached hydrogens (primary N) is 1. The predicted molar refractivity (Wildman–Crippen MR) is 91.2 cm³/mol. The van der Waals surface area contributed by atoms with Crippen LogP contribution >= 0.6 is 0 Å². The number of Topliss-reactive ketones (excluding diaryl/α,β-unsaturated/α-hetero) is 1. The molecule has 0 bridgehead atoms. The van der Waals surface area contributed by atoms with Crippen molar-refractivity contribution in [2.24, 2.45) is 7.05 Å². The fourth-order valence-electron chi connectivity index (χ4n) is 2.24. The van der Waals surface area contributed by atoms with Crippen molar-refractivity contribution in [3.8, 4) is 0 Å². The summed E-state index contributed by atoms with van der Waals surface area (Å²) in [6.07, 6.45) is 0.632. The Labute approximate surface area is 140 Å². The van der Waals surface area contributed by atoms with Crippen molar-refractivity contribution in [1.29, 1.82) is 0 Å². The molecule has 9 heteroatoms. The number of nitrogen functional groups attached to an aromatic ring is 1. The third-order valence-electron chi connectivity index (χ3n) is 3.63. The molecule has 1 heterocycles. The molecule has 0 atom stereocenters. The number of hydrogen-bond acceptors (Lipinski definition) is 6. The molecule has 0 saturated heterocycles. The maximum absolute atomic E-state index is 12.5. The van der Waals surface area contributed by atoms with E-state index in [-0.39, 0.29) is 30.4 Å². The molecule has 2 N–H and O–H groups in total. The highest BCUT2D eigenvalue weighted by atomic mass is 16.2. The Morgan fingerprint density at radius 1 is 1.12 bits per heavy atom. The zero-order chi connectivity index (χ0) is 18.6. The van der Waals surface area contributed by atoms with Gasteiger partial charge >= 0.3 is 5.69 Å². The van der Waals surface area contributed by atoms with E-state index in [2.05, 4.69) is 0 Å². The van der Waals surface area contributed by atoms with E-state index in [4.69, 9.17) is 5.73 Å². The van der Waals surface area contributed by atoms with Gasteiger partial charge in [0.05, 0.1) is 13.1 Å². The third-order valence-corrected chi connectivity index (χ3v) is 3.63. The molecule has 1 aromatic heterocycles. The monoisotopic (exact) mass is 339 g/mol. The lowest BCUT2D eigenvalue weighted by molar-refractivity contribution is -0.129. The van der Waals surface area contributed by atoms with Gasteiger partial charge in [-0.1, -0.05) is 6.92 Å². The van der Waals surface area contributed by atoms with Crippen LogP contribution in [-0.4, -0.2) is 64.9 Å². The van der Waals surface area contributed by atoms with E-state index in [9.17, 15) is 19.2 Å². The van der Waals surface area contributed by atoms with Gasteiger partial charge in [0.15, 0.2) is 5.78 Å². The Morgan fingerprint density at radius 2 is 1.71 bits per heavy atom. The van der Waals surface area contributed by atoms with Crippen LogP contribution in [0.1, 0.15) is 23.7 Å². The van der Waals surface area contributed by atoms with Crippen LogP contribution < -0.4 is 17.0 Å². The van der Waals surface area contributed by atoms with Gasteiger partial charge in [-0.2, -0.15) is 0 Å². The largest absolute Gasteiger partial charge is 0.384 e. The molecule has 24 heavy (non-hydrogen) atoms. The number of ketones is 1. The van der Waals surface area contributed by atoms with Crippen molar-refractivity contribution in [3.05, 3.63) is 26.4 Å². The zero-order valence-electron chi connectivity index (χ0n) is 14.8. The van der Waals surface area contributed by atoms with Crippen molar-refractivity contribution in [2.75, 3.05) is 40.0 Å². The van der Waals surface area contributed by atoms with Crippen LogP contribution in [0, 0.1) is 0 Å². The number of carbonyl (C=O) groups is 2. The predicted octanol–water partition coefficient (Wildman–Crippen LogP) is -1.26. The fourth-order valence-corrected chi connectivity index (χ4v) is 2.24. The molecule has 0 aliphatic rings. The lowest BCUT2D eigenvalue weighted by Gasteiger charge is -2.19. The Balaban J connectivity index is 3.18. The summed E-state index contributed by atoms with van der Waals surface area (Å²) in [6.45, 7) is 2.06. The molecule has 0 aromatic carbocycles. The quantitative estimate of drug-likeness (QED) is 0.621. The van der Waals surface area contributed by atoms with Gasteiger partial charge in [0, 0.05) is 27.7 Å². The summed E-state index contributed by atoms with van der Waals surface area (Å²) >= 11 is 0. The summed E-state index contributed by atoms with van der Waals surface area (Å²) in [6, 6.07) is 0. The van der Waals surface area contributed by atoms with Gasteiger partial charge in [-0.05, 0) is 13.5 Å². The van der Waals surface area contributed by atoms with E-state index < -0.39 is 17.0 Å². The van der Waals surface area contributed by atoms with Crippen LogP contribution in [0.4, 0.5) is 5.82 Å². The summed E-state index contributed by atoms with van der Waals surface area (Å²) in [4.78, 5) is 51.5. The van der Waals surface area contributed by atoms with Crippen molar-refractivity contribution in [2.45, 2.75) is 19.9 Å². The average molecular weight is 339 g/mol. The van der Waals surface area contributed by atoms with Gasteiger partial charge in [0.2, 0.25) is 5.91 Å². The molecular weight excluding hydrogens is 314 g/mol. The number of nitrogens with zero attached hydrogens (tertiary/aromatic N) is 4. The highest BCUT2D eigenvalue weighted by Gasteiger charge is 2.22. The number of amides is 1. The minimum Gasteiger partial charge on any atom is -0.384 e. The Morgan fingerprint density at radius 3 is 2.21 bits per heavy atom. The fraction of sp³-hybridized carbons (Fsp3) is 0.600. The standard InChI is InChI=1S/C15H25N5O4/c1-6-7-20-13(16)12(14(23)19(5)15(20)24)10(21)8-18(4)9-11(22)17(2)3/h6-9,16H2,1-5H3. The molecule has 0 radical (unpaired) electrons. The van der Waals surface area contributed by atoms with E-state index in [1.807, 2.05) is 6.92 Å². The van der Waals surface area contributed by atoms with E-state index in [1.54, 1.807) is 21.1 Å². The maximum atomic E-state index is 12.5. The van der Waals surface area contributed by atoms with Crippen molar-refractivity contribution >= 4 is 17.5 Å². The smallest absolute Gasteiger partial charge is 0.332 e. The SMILES string of the molecule is CCCn1c(N)c(C(=O)CN(C)CC(=O)N(C)C)c(=O)n(C)c1=O. The topological polar surface area (TPSA) is 111 Å². The van der Waals surface area contributed by atoms with Crippen LogP contribution in [0.2, 0.25) is 0 Å². The maximum Gasteiger partial charge on any atom is 0.332 e. The molecular formula is C15H25N5O4. The van der Waals surface area contributed by atoms with Gasteiger partial charge in [-0.3, -0.25) is 28.4 Å². The van der Waals surface area contributed by atoms with Crippen LogP contribution in [0.5, 0.6) is 0 Å². The van der Waals surface area contributed by atoms with Crippen LogP contribution in [0.25, 0.3) is 0 Å². The molecule has 1 rings (SSSR count). The second-order valence-corrected chi connectivity index (χ2v) is 5.94. The molecule has 0 fully saturated rings. The van der Waals surface area contributed by atoms with Gasteiger partial charge in [-0.15, -0.1) is 0 Å².